The smallest absolute Gasteiger partial charge is 0.152 e. The number of hydrogen-bond donors (Lipinski definition) is 0. The molecule has 2 aromatic rings. The summed E-state index contributed by atoms with van der Waals surface area (Å²) in [4.78, 5) is 3.93. The predicted molar refractivity (Wildman–Crippen MR) is 56.7 cm³/mol. The molecule has 2 rings (SSSR count). The van der Waals surface area contributed by atoms with E-state index in [1.807, 2.05) is 0 Å². The summed E-state index contributed by atoms with van der Waals surface area (Å²) in [5.74, 6) is -0.593. The zero-order chi connectivity index (χ0) is 10.3. The Balaban J connectivity index is 3.02. The molecule has 0 aliphatic heterocycles. The first-order valence-corrected chi connectivity index (χ1v) is 4.83. The van der Waals surface area contributed by atoms with Crippen molar-refractivity contribution >= 4 is 45.7 Å². The van der Waals surface area contributed by atoms with Crippen LogP contribution in [0.4, 0.5) is 4.39 Å². The van der Waals surface area contributed by atoms with Crippen LogP contribution in [-0.4, -0.2) is 4.98 Å². The molecule has 0 amide bonds. The molecule has 0 spiro atoms. The fourth-order valence-corrected chi connectivity index (χ4v) is 1.83. The Labute approximate surface area is 94.4 Å². The van der Waals surface area contributed by atoms with Crippen molar-refractivity contribution in [1.82, 2.24) is 4.98 Å². The van der Waals surface area contributed by atoms with Crippen LogP contribution in [0.3, 0.4) is 0 Å². The van der Waals surface area contributed by atoms with Crippen molar-refractivity contribution < 1.29 is 4.39 Å². The number of aromatic nitrogens is 1. The van der Waals surface area contributed by atoms with Crippen LogP contribution in [0.2, 0.25) is 15.1 Å². The van der Waals surface area contributed by atoms with Crippen molar-refractivity contribution in [2.45, 2.75) is 0 Å². The highest BCUT2D eigenvalue weighted by atomic mass is 35.5. The Bertz CT molecular complexity index is 466. The van der Waals surface area contributed by atoms with Crippen LogP contribution in [0.1, 0.15) is 0 Å². The molecular weight excluding hydrogens is 247 g/mol. The van der Waals surface area contributed by atoms with Gasteiger partial charge in [0.1, 0.15) is 0 Å². The van der Waals surface area contributed by atoms with E-state index in [-0.39, 0.29) is 20.5 Å². The van der Waals surface area contributed by atoms with Crippen LogP contribution in [0, 0.1) is 5.82 Å². The van der Waals surface area contributed by atoms with Crippen LogP contribution in [0.25, 0.3) is 10.9 Å². The van der Waals surface area contributed by atoms with Crippen LogP contribution < -0.4 is 0 Å². The van der Waals surface area contributed by atoms with E-state index in [4.69, 9.17) is 34.8 Å². The Kier molecular flexibility index (Phi) is 2.52. The summed E-state index contributed by atoms with van der Waals surface area (Å²) in [6.45, 7) is 0. The largest absolute Gasteiger partial charge is 0.255 e. The summed E-state index contributed by atoms with van der Waals surface area (Å²) in [6.07, 6.45) is 1.51. The average molecular weight is 250 g/mol. The first-order valence-electron chi connectivity index (χ1n) is 3.69. The van der Waals surface area contributed by atoms with Gasteiger partial charge in [-0.3, -0.25) is 4.98 Å². The highest BCUT2D eigenvalue weighted by Gasteiger charge is 2.15. The Hall–Kier alpha value is -0.570. The van der Waals surface area contributed by atoms with E-state index in [9.17, 15) is 4.39 Å². The summed E-state index contributed by atoms with van der Waals surface area (Å²) in [6, 6.07) is 3.15. The molecule has 0 saturated heterocycles. The lowest BCUT2D eigenvalue weighted by atomic mass is 10.2. The molecule has 1 nitrogen and oxygen atoms in total. The van der Waals surface area contributed by atoms with Gasteiger partial charge in [0.05, 0.1) is 20.6 Å². The molecule has 72 valence electrons. The molecule has 0 radical (unpaired) electrons. The molecule has 5 heteroatoms. The van der Waals surface area contributed by atoms with E-state index >= 15 is 0 Å². The highest BCUT2D eigenvalue weighted by Crippen LogP contribution is 2.38. The van der Waals surface area contributed by atoms with Crippen molar-refractivity contribution in [3.8, 4) is 0 Å². The molecule has 0 fully saturated rings. The second-order valence-electron chi connectivity index (χ2n) is 2.66. The minimum Gasteiger partial charge on any atom is -0.255 e. The van der Waals surface area contributed by atoms with Crippen LogP contribution >= 0.6 is 34.8 Å². The third-order valence-electron chi connectivity index (χ3n) is 1.83. The molecule has 0 bridgehead atoms. The fraction of sp³-hybridized carbons (Fsp3) is 0. The van der Waals surface area contributed by atoms with Crippen LogP contribution in [-0.2, 0) is 0 Å². The zero-order valence-corrected chi connectivity index (χ0v) is 8.96. The second-order valence-corrected chi connectivity index (χ2v) is 3.79. The summed E-state index contributed by atoms with van der Waals surface area (Å²) in [5.41, 5.74) is 0.320. The van der Waals surface area contributed by atoms with Crippen molar-refractivity contribution in [1.29, 1.82) is 0 Å². The van der Waals surface area contributed by atoms with Crippen molar-refractivity contribution in [3.05, 3.63) is 39.2 Å². The van der Waals surface area contributed by atoms with Crippen LogP contribution in [0.15, 0.2) is 18.3 Å². The van der Waals surface area contributed by atoms with E-state index in [0.717, 1.165) is 0 Å². The van der Waals surface area contributed by atoms with E-state index in [0.29, 0.717) is 5.52 Å². The monoisotopic (exact) mass is 249 g/mol. The van der Waals surface area contributed by atoms with Gasteiger partial charge in [-0.2, -0.15) is 0 Å². The van der Waals surface area contributed by atoms with Gasteiger partial charge in [-0.1, -0.05) is 34.8 Å². The first kappa shape index (κ1) is 9.97. The van der Waals surface area contributed by atoms with Gasteiger partial charge in [-0.05, 0) is 12.1 Å². The lowest BCUT2D eigenvalue weighted by Gasteiger charge is -2.05. The van der Waals surface area contributed by atoms with Gasteiger partial charge in [-0.15, -0.1) is 0 Å². The van der Waals surface area contributed by atoms with Gasteiger partial charge in [-0.25, -0.2) is 4.39 Å². The summed E-state index contributed by atoms with van der Waals surface area (Å²) >= 11 is 17.2. The minimum atomic E-state index is -0.593. The molecule has 1 heterocycles. The Morgan fingerprint density at radius 2 is 1.79 bits per heavy atom. The Morgan fingerprint density at radius 3 is 2.50 bits per heavy atom. The number of benzene rings is 1. The number of pyridine rings is 1. The standard InChI is InChI=1S/C9H3Cl3FN/c10-5-6(11)8(13)4-2-1-3-14-9(4)7(5)12/h1-3H. The molecule has 1 aromatic carbocycles. The molecular formula is C9H3Cl3FN. The highest BCUT2D eigenvalue weighted by molar-refractivity contribution is 6.50. The maximum absolute atomic E-state index is 13.5. The molecule has 0 aliphatic carbocycles. The molecule has 0 N–H and O–H groups in total. The van der Waals surface area contributed by atoms with E-state index < -0.39 is 5.82 Å². The molecule has 1 aromatic heterocycles. The average Bonchev–Trinajstić information content (AvgIpc) is 2.23. The van der Waals surface area contributed by atoms with E-state index in [1.54, 1.807) is 12.1 Å². The lowest BCUT2D eigenvalue weighted by Crippen LogP contribution is -1.87. The topological polar surface area (TPSA) is 12.9 Å². The quantitative estimate of drug-likeness (QED) is 0.501. The third kappa shape index (κ3) is 1.34. The molecule has 0 saturated carbocycles. The second kappa shape index (κ2) is 3.54. The van der Waals surface area contributed by atoms with E-state index in [1.165, 1.54) is 6.20 Å². The van der Waals surface area contributed by atoms with Gasteiger partial charge in [0.15, 0.2) is 5.82 Å². The van der Waals surface area contributed by atoms with Gasteiger partial charge < -0.3 is 0 Å². The molecule has 0 aliphatic rings. The number of nitrogens with zero attached hydrogens (tertiary/aromatic N) is 1. The van der Waals surface area contributed by atoms with Gasteiger partial charge in [0.2, 0.25) is 0 Å². The predicted octanol–water partition coefficient (Wildman–Crippen LogP) is 4.33. The van der Waals surface area contributed by atoms with E-state index in [2.05, 4.69) is 4.98 Å². The molecule has 0 atom stereocenters. The number of halogens is 4. The summed E-state index contributed by atoms with van der Waals surface area (Å²) in [7, 11) is 0. The Morgan fingerprint density at radius 1 is 1.07 bits per heavy atom. The lowest BCUT2D eigenvalue weighted by molar-refractivity contribution is 0.640. The van der Waals surface area contributed by atoms with Crippen molar-refractivity contribution in [3.63, 3.8) is 0 Å². The maximum Gasteiger partial charge on any atom is 0.152 e. The van der Waals surface area contributed by atoms with Crippen molar-refractivity contribution in [2.24, 2.45) is 0 Å². The van der Waals surface area contributed by atoms with Gasteiger partial charge >= 0.3 is 0 Å². The SMILES string of the molecule is Fc1c(Cl)c(Cl)c(Cl)c2ncccc12. The number of fused-ring (bicyclic) bond motifs is 1. The zero-order valence-electron chi connectivity index (χ0n) is 6.69. The van der Waals surface area contributed by atoms with Gasteiger partial charge in [0, 0.05) is 11.6 Å². The first-order chi connectivity index (χ1) is 6.63. The van der Waals surface area contributed by atoms with Gasteiger partial charge in [0.25, 0.3) is 0 Å². The third-order valence-corrected chi connectivity index (χ3v) is 3.12. The number of hydrogen-bond acceptors (Lipinski definition) is 1. The normalized spacial score (nSPS) is 10.9. The minimum absolute atomic E-state index is 0.00275. The van der Waals surface area contributed by atoms with Crippen molar-refractivity contribution in [2.75, 3.05) is 0 Å². The fourth-order valence-electron chi connectivity index (χ4n) is 1.17. The maximum atomic E-state index is 13.5. The molecule has 0 unspecified atom stereocenters. The summed E-state index contributed by atoms with van der Waals surface area (Å²) in [5, 5.41) is 0.273. The molecule has 14 heavy (non-hydrogen) atoms. The van der Waals surface area contributed by atoms with Crippen LogP contribution in [0.5, 0.6) is 0 Å². The summed E-state index contributed by atoms with van der Waals surface area (Å²) < 4.78 is 13.5. The number of rotatable bonds is 0.